The lowest BCUT2D eigenvalue weighted by Gasteiger charge is -2.15. The average molecular weight is 399 g/mol. The molecule has 1 aromatic carbocycles. The Bertz CT molecular complexity index is 406. The molecule has 1 N–H and O–H groups in total. The van der Waals surface area contributed by atoms with Crippen LogP contribution in [0.15, 0.2) is 16.6 Å². The van der Waals surface area contributed by atoms with Gasteiger partial charge in [0.1, 0.15) is 5.75 Å². The molecule has 0 radical (unpaired) electrons. The first-order valence-electron chi connectivity index (χ1n) is 4.82. The summed E-state index contributed by atoms with van der Waals surface area (Å²) < 4.78 is 7.26. The van der Waals surface area contributed by atoms with Gasteiger partial charge in [-0.05, 0) is 48.6 Å². The summed E-state index contributed by atoms with van der Waals surface area (Å²) >= 11 is 5.56. The van der Waals surface area contributed by atoms with Gasteiger partial charge in [0.25, 0.3) is 0 Å². The highest BCUT2D eigenvalue weighted by Gasteiger charge is 2.21. The Morgan fingerprint density at radius 2 is 2.25 bits per heavy atom. The van der Waals surface area contributed by atoms with Crippen LogP contribution in [-0.2, 0) is 4.79 Å². The normalized spacial score (nSPS) is 12.2. The summed E-state index contributed by atoms with van der Waals surface area (Å²) in [7, 11) is 0. The summed E-state index contributed by atoms with van der Waals surface area (Å²) in [6.45, 7) is 4.05. The molecule has 0 aromatic heterocycles. The van der Waals surface area contributed by atoms with Crippen molar-refractivity contribution in [1.82, 2.24) is 0 Å². The lowest BCUT2D eigenvalue weighted by Crippen LogP contribution is -2.10. The van der Waals surface area contributed by atoms with Gasteiger partial charge in [-0.15, -0.1) is 0 Å². The number of carboxylic acid groups (broad SMARTS) is 1. The fraction of sp³-hybridized carbons (Fsp3) is 0.364. The van der Waals surface area contributed by atoms with E-state index in [1.165, 1.54) is 0 Å². The Hall–Kier alpha value is -0.300. The fourth-order valence-electron chi connectivity index (χ4n) is 1.38. The standard InChI is InChI=1S/C11H12BrIO3/c1-3-16-9-5-7(13)4-8(12)10(9)6(2)11(14)15/h4-6H,3H2,1-2H3,(H,14,15). The van der Waals surface area contributed by atoms with Gasteiger partial charge in [-0.3, -0.25) is 4.79 Å². The first-order valence-corrected chi connectivity index (χ1v) is 6.69. The molecule has 0 fully saturated rings. The molecule has 3 nitrogen and oxygen atoms in total. The lowest BCUT2D eigenvalue weighted by atomic mass is 10.0. The number of hydrogen-bond acceptors (Lipinski definition) is 2. The van der Waals surface area contributed by atoms with Crippen LogP contribution in [0.25, 0.3) is 0 Å². The Balaban J connectivity index is 3.28. The van der Waals surface area contributed by atoms with E-state index in [2.05, 4.69) is 38.5 Å². The molecule has 1 atom stereocenters. The molecule has 0 bridgehead atoms. The average Bonchev–Trinajstić information content (AvgIpc) is 2.16. The van der Waals surface area contributed by atoms with Crippen molar-refractivity contribution in [3.8, 4) is 5.75 Å². The van der Waals surface area contributed by atoms with Crippen LogP contribution < -0.4 is 4.74 Å². The van der Waals surface area contributed by atoms with Crippen LogP contribution in [0.4, 0.5) is 0 Å². The van der Waals surface area contributed by atoms with E-state index in [0.29, 0.717) is 17.9 Å². The number of aliphatic carboxylic acids is 1. The summed E-state index contributed by atoms with van der Waals surface area (Å²) in [5.74, 6) is -0.813. The molecule has 1 unspecified atom stereocenters. The number of hydrogen-bond donors (Lipinski definition) is 1. The van der Waals surface area contributed by atoms with Crippen LogP contribution >= 0.6 is 38.5 Å². The highest BCUT2D eigenvalue weighted by Crippen LogP contribution is 2.35. The molecule has 0 aliphatic rings. The number of carboxylic acids is 1. The van der Waals surface area contributed by atoms with Crippen LogP contribution in [0.1, 0.15) is 25.3 Å². The summed E-state index contributed by atoms with van der Waals surface area (Å²) in [5.41, 5.74) is 0.690. The van der Waals surface area contributed by atoms with Gasteiger partial charge in [0.2, 0.25) is 0 Å². The minimum atomic E-state index is -0.858. The smallest absolute Gasteiger partial charge is 0.310 e. The summed E-state index contributed by atoms with van der Waals surface area (Å²) in [6, 6.07) is 3.74. The Morgan fingerprint density at radius 3 is 2.75 bits per heavy atom. The van der Waals surface area contributed by atoms with Crippen LogP contribution in [0.5, 0.6) is 5.75 Å². The van der Waals surface area contributed by atoms with Gasteiger partial charge >= 0.3 is 5.97 Å². The van der Waals surface area contributed by atoms with Gasteiger partial charge < -0.3 is 9.84 Å². The van der Waals surface area contributed by atoms with Crippen molar-refractivity contribution in [3.63, 3.8) is 0 Å². The predicted octanol–water partition coefficient (Wildman–Crippen LogP) is 3.64. The highest BCUT2D eigenvalue weighted by atomic mass is 127. The first-order chi connectivity index (χ1) is 7.47. The molecule has 0 amide bonds. The number of carbonyl (C=O) groups is 1. The monoisotopic (exact) mass is 398 g/mol. The number of halogens is 2. The molecule has 16 heavy (non-hydrogen) atoms. The lowest BCUT2D eigenvalue weighted by molar-refractivity contribution is -0.138. The number of ether oxygens (including phenoxy) is 1. The second kappa shape index (κ2) is 5.86. The molecule has 1 aromatic rings. The topological polar surface area (TPSA) is 46.5 Å². The van der Waals surface area contributed by atoms with Crippen molar-refractivity contribution < 1.29 is 14.6 Å². The van der Waals surface area contributed by atoms with Crippen molar-refractivity contribution in [1.29, 1.82) is 0 Å². The minimum Gasteiger partial charge on any atom is -0.493 e. The van der Waals surface area contributed by atoms with E-state index in [1.807, 2.05) is 19.1 Å². The maximum atomic E-state index is 11.0. The van der Waals surface area contributed by atoms with E-state index in [9.17, 15) is 4.79 Å². The Labute approximate surface area is 116 Å². The third kappa shape index (κ3) is 3.10. The van der Waals surface area contributed by atoms with Gasteiger partial charge in [0.15, 0.2) is 0 Å². The molecule has 5 heteroatoms. The molecule has 0 aliphatic heterocycles. The molecule has 0 saturated carbocycles. The second-order valence-electron chi connectivity index (χ2n) is 3.29. The van der Waals surface area contributed by atoms with Crippen molar-refractivity contribution in [2.45, 2.75) is 19.8 Å². The van der Waals surface area contributed by atoms with Gasteiger partial charge in [-0.25, -0.2) is 0 Å². The highest BCUT2D eigenvalue weighted by molar-refractivity contribution is 14.1. The van der Waals surface area contributed by atoms with Crippen molar-refractivity contribution >= 4 is 44.5 Å². The Morgan fingerprint density at radius 1 is 1.62 bits per heavy atom. The van der Waals surface area contributed by atoms with Crippen LogP contribution in [0, 0.1) is 3.57 Å². The van der Waals surface area contributed by atoms with Crippen molar-refractivity contribution in [2.24, 2.45) is 0 Å². The molecule has 88 valence electrons. The van der Waals surface area contributed by atoms with Crippen LogP contribution in [0.2, 0.25) is 0 Å². The molecule has 0 heterocycles. The third-order valence-corrected chi connectivity index (χ3v) is 3.44. The summed E-state index contributed by atoms with van der Waals surface area (Å²) in [5, 5.41) is 9.04. The van der Waals surface area contributed by atoms with Gasteiger partial charge in [-0.1, -0.05) is 15.9 Å². The number of rotatable bonds is 4. The van der Waals surface area contributed by atoms with Gasteiger partial charge in [0.05, 0.1) is 12.5 Å². The zero-order valence-corrected chi connectivity index (χ0v) is 12.7. The fourth-order valence-corrected chi connectivity index (χ4v) is 3.19. The van der Waals surface area contributed by atoms with Crippen molar-refractivity contribution in [2.75, 3.05) is 6.61 Å². The molecule has 0 spiro atoms. The van der Waals surface area contributed by atoms with Gasteiger partial charge in [-0.2, -0.15) is 0 Å². The van der Waals surface area contributed by atoms with E-state index in [0.717, 1.165) is 8.04 Å². The van der Waals surface area contributed by atoms with Gasteiger partial charge in [0, 0.05) is 13.6 Å². The van der Waals surface area contributed by atoms with Crippen LogP contribution in [-0.4, -0.2) is 17.7 Å². The predicted molar refractivity (Wildman–Crippen MR) is 74.1 cm³/mol. The maximum absolute atomic E-state index is 11.0. The van der Waals surface area contributed by atoms with Crippen LogP contribution in [0.3, 0.4) is 0 Å². The largest absolute Gasteiger partial charge is 0.493 e. The quantitative estimate of drug-likeness (QED) is 0.787. The molecular formula is C11H12BrIO3. The minimum absolute atomic E-state index is 0.520. The molecular weight excluding hydrogens is 387 g/mol. The first kappa shape index (κ1) is 13.8. The summed E-state index contributed by atoms with van der Waals surface area (Å²) in [4.78, 5) is 11.0. The molecule has 1 rings (SSSR count). The SMILES string of the molecule is CCOc1cc(I)cc(Br)c1C(C)C(=O)O. The van der Waals surface area contributed by atoms with E-state index in [-0.39, 0.29) is 0 Å². The maximum Gasteiger partial charge on any atom is 0.310 e. The zero-order chi connectivity index (χ0) is 12.3. The van der Waals surface area contributed by atoms with E-state index < -0.39 is 11.9 Å². The Kier molecular flexibility index (Phi) is 5.04. The third-order valence-electron chi connectivity index (χ3n) is 2.16. The zero-order valence-electron chi connectivity index (χ0n) is 8.96. The van der Waals surface area contributed by atoms with E-state index in [4.69, 9.17) is 9.84 Å². The van der Waals surface area contributed by atoms with Crippen molar-refractivity contribution in [3.05, 3.63) is 25.7 Å². The number of benzene rings is 1. The van der Waals surface area contributed by atoms with E-state index in [1.54, 1.807) is 6.92 Å². The summed E-state index contributed by atoms with van der Waals surface area (Å²) in [6.07, 6.45) is 0. The van der Waals surface area contributed by atoms with E-state index >= 15 is 0 Å². The second-order valence-corrected chi connectivity index (χ2v) is 5.39. The molecule has 0 aliphatic carbocycles. The molecule has 0 saturated heterocycles.